The van der Waals surface area contributed by atoms with Crippen molar-refractivity contribution in [3.05, 3.63) is 29.1 Å². The van der Waals surface area contributed by atoms with Crippen molar-refractivity contribution in [2.24, 2.45) is 11.3 Å². The number of carbonyl (C=O) groups is 1. The van der Waals surface area contributed by atoms with Crippen LogP contribution in [0.2, 0.25) is 0 Å². The van der Waals surface area contributed by atoms with Gasteiger partial charge < -0.3 is 19.7 Å². The summed E-state index contributed by atoms with van der Waals surface area (Å²) >= 11 is 0. The summed E-state index contributed by atoms with van der Waals surface area (Å²) < 4.78 is 50.6. The molecule has 2 fully saturated rings. The highest BCUT2D eigenvalue weighted by Gasteiger charge is 2.50. The summed E-state index contributed by atoms with van der Waals surface area (Å²) in [5, 5.41) is 3.72. The number of aromatic nitrogens is 1. The van der Waals surface area contributed by atoms with E-state index in [1.165, 1.54) is 0 Å². The van der Waals surface area contributed by atoms with Gasteiger partial charge in [0.2, 0.25) is 5.91 Å². The zero-order chi connectivity index (χ0) is 23.8. The Hall–Kier alpha value is -1.71. The van der Waals surface area contributed by atoms with Crippen LogP contribution in [0.4, 0.5) is 13.2 Å². The molecule has 33 heavy (non-hydrogen) atoms. The van der Waals surface area contributed by atoms with Crippen molar-refractivity contribution in [2.75, 3.05) is 26.9 Å². The van der Waals surface area contributed by atoms with E-state index in [9.17, 15) is 18.0 Å². The summed E-state index contributed by atoms with van der Waals surface area (Å²) in [5.41, 5.74) is -0.121. The number of nitrogens with one attached hydrogen (secondary N) is 1. The minimum absolute atomic E-state index is 0.00238. The van der Waals surface area contributed by atoms with E-state index in [2.05, 4.69) is 24.1 Å². The maximum Gasteiger partial charge on any atom is 0.417 e. The Labute approximate surface area is 193 Å². The fourth-order valence-corrected chi connectivity index (χ4v) is 5.69. The van der Waals surface area contributed by atoms with Crippen LogP contribution in [0.25, 0.3) is 0 Å². The second-order valence-corrected chi connectivity index (χ2v) is 9.97. The Bertz CT molecular complexity index is 863. The Balaban J connectivity index is 1.48. The lowest BCUT2D eigenvalue weighted by Crippen LogP contribution is -2.52. The van der Waals surface area contributed by atoms with Crippen molar-refractivity contribution < 1.29 is 27.4 Å². The van der Waals surface area contributed by atoms with E-state index >= 15 is 0 Å². The first-order valence-corrected chi connectivity index (χ1v) is 11.8. The molecule has 1 aromatic heterocycles. The van der Waals surface area contributed by atoms with Crippen LogP contribution >= 0.6 is 0 Å². The second-order valence-electron chi connectivity index (χ2n) is 9.97. The quantitative estimate of drug-likeness (QED) is 0.714. The number of hydrogen-bond donors (Lipinski definition) is 1. The van der Waals surface area contributed by atoms with E-state index in [1.807, 2.05) is 0 Å². The molecule has 1 aromatic rings. The molecule has 0 bridgehead atoms. The van der Waals surface area contributed by atoms with Crippen LogP contribution in [0.1, 0.15) is 56.4 Å². The number of rotatable bonds is 5. The van der Waals surface area contributed by atoms with Gasteiger partial charge in [-0.25, -0.2) is 0 Å². The summed E-state index contributed by atoms with van der Waals surface area (Å²) in [4.78, 5) is 19.6. The molecule has 4 atom stereocenters. The first-order valence-electron chi connectivity index (χ1n) is 11.8. The van der Waals surface area contributed by atoms with Crippen LogP contribution in [-0.2, 0) is 33.4 Å². The third-order valence-corrected chi connectivity index (χ3v) is 7.79. The molecular weight excluding hydrogens is 435 g/mol. The lowest BCUT2D eigenvalue weighted by atomic mass is 9.74. The van der Waals surface area contributed by atoms with Crippen LogP contribution < -0.4 is 5.32 Å². The van der Waals surface area contributed by atoms with Crippen LogP contribution in [0.5, 0.6) is 0 Å². The average Bonchev–Trinajstić information content (AvgIpc) is 3.23. The number of halogens is 3. The number of methoxy groups -OCH3 is 1. The van der Waals surface area contributed by atoms with Crippen LogP contribution in [0.15, 0.2) is 12.3 Å². The van der Waals surface area contributed by atoms with E-state index < -0.39 is 17.2 Å². The third kappa shape index (κ3) is 4.91. The third-order valence-electron chi connectivity index (χ3n) is 7.79. The Morgan fingerprint density at radius 1 is 1.36 bits per heavy atom. The molecule has 1 amide bonds. The van der Waals surface area contributed by atoms with Gasteiger partial charge in [-0.3, -0.25) is 9.78 Å². The highest BCUT2D eigenvalue weighted by Crippen LogP contribution is 2.47. The minimum Gasteiger partial charge on any atom is -0.379 e. The summed E-state index contributed by atoms with van der Waals surface area (Å²) in [6.07, 6.45) is 0.180. The van der Waals surface area contributed by atoms with Crippen molar-refractivity contribution in [3.8, 4) is 0 Å². The van der Waals surface area contributed by atoms with Gasteiger partial charge in [-0.2, -0.15) is 13.2 Å². The minimum atomic E-state index is -4.44. The van der Waals surface area contributed by atoms with E-state index in [4.69, 9.17) is 9.47 Å². The monoisotopic (exact) mass is 469 g/mol. The molecule has 0 radical (unpaired) electrons. The van der Waals surface area contributed by atoms with Crippen molar-refractivity contribution in [3.63, 3.8) is 0 Å². The van der Waals surface area contributed by atoms with Crippen molar-refractivity contribution >= 4 is 5.91 Å². The molecule has 1 aliphatic carbocycles. The largest absolute Gasteiger partial charge is 0.417 e. The van der Waals surface area contributed by atoms with Gasteiger partial charge in [0.1, 0.15) is 0 Å². The van der Waals surface area contributed by atoms with Crippen LogP contribution in [0.3, 0.4) is 0 Å². The standard InChI is InChI=1S/C24H34F3N3O3/c1-15(2)23(7-4-18(11-23)29-20-6-9-33-14-21(20)32-3)22(31)30-8-5-19-16(13-30)10-17(12-28-19)24(25,26)27/h10,12,15,18,20-21,29H,4-9,11,13-14H2,1-3H3/t18-,20+,21-,23?/m1/s1. The predicted octanol–water partition coefficient (Wildman–Crippen LogP) is 3.57. The highest BCUT2D eigenvalue weighted by atomic mass is 19.4. The zero-order valence-electron chi connectivity index (χ0n) is 19.6. The maximum absolute atomic E-state index is 13.8. The lowest BCUT2D eigenvalue weighted by Gasteiger charge is -2.40. The van der Waals surface area contributed by atoms with Gasteiger partial charge in [0, 0.05) is 57.2 Å². The number of carbonyl (C=O) groups excluding carboxylic acids is 1. The van der Waals surface area contributed by atoms with Crippen LogP contribution in [0, 0.1) is 11.3 Å². The topological polar surface area (TPSA) is 63.7 Å². The molecule has 1 N–H and O–H groups in total. The SMILES string of the molecule is CO[C@@H]1COCC[C@@H]1N[C@@H]1CCC(C(=O)N2CCc3ncc(C(F)(F)F)cc3C2)(C(C)C)C1. The van der Waals surface area contributed by atoms with E-state index in [1.54, 1.807) is 12.0 Å². The zero-order valence-corrected chi connectivity index (χ0v) is 19.6. The summed E-state index contributed by atoms with van der Waals surface area (Å²) in [5.74, 6) is 0.186. The van der Waals surface area contributed by atoms with Crippen molar-refractivity contribution in [1.29, 1.82) is 0 Å². The Kier molecular flexibility index (Phi) is 7.03. The van der Waals surface area contributed by atoms with Gasteiger partial charge >= 0.3 is 6.18 Å². The Morgan fingerprint density at radius 3 is 2.85 bits per heavy atom. The second kappa shape index (κ2) is 9.50. The van der Waals surface area contributed by atoms with Crippen molar-refractivity contribution in [2.45, 2.75) is 76.9 Å². The molecule has 4 rings (SSSR count). The maximum atomic E-state index is 13.8. The number of ether oxygens (including phenoxy) is 2. The molecule has 1 saturated carbocycles. The molecule has 9 heteroatoms. The summed E-state index contributed by atoms with van der Waals surface area (Å²) in [7, 11) is 1.69. The predicted molar refractivity (Wildman–Crippen MR) is 116 cm³/mol. The first kappa shape index (κ1) is 24.4. The number of alkyl halides is 3. The van der Waals surface area contributed by atoms with Gasteiger partial charge in [0.25, 0.3) is 0 Å². The van der Waals surface area contributed by atoms with Gasteiger partial charge in [-0.1, -0.05) is 13.8 Å². The molecule has 2 aliphatic heterocycles. The van der Waals surface area contributed by atoms with Gasteiger partial charge in [-0.15, -0.1) is 0 Å². The van der Waals surface area contributed by atoms with Crippen LogP contribution in [-0.4, -0.2) is 60.8 Å². The smallest absolute Gasteiger partial charge is 0.379 e. The molecule has 184 valence electrons. The molecule has 3 aliphatic rings. The summed E-state index contributed by atoms with van der Waals surface area (Å²) in [6.45, 7) is 6.09. The van der Waals surface area contributed by atoms with E-state index in [0.29, 0.717) is 37.4 Å². The molecule has 0 spiro atoms. The average molecular weight is 470 g/mol. The van der Waals surface area contributed by atoms with Gasteiger partial charge in [0.15, 0.2) is 0 Å². The fraction of sp³-hybridized carbons (Fsp3) is 0.750. The van der Waals surface area contributed by atoms with Gasteiger partial charge in [0.05, 0.1) is 23.7 Å². The highest BCUT2D eigenvalue weighted by molar-refractivity contribution is 5.83. The number of nitrogens with zero attached hydrogens (tertiary/aromatic N) is 2. The lowest BCUT2D eigenvalue weighted by molar-refractivity contribution is -0.146. The van der Waals surface area contributed by atoms with E-state index in [-0.39, 0.29) is 36.6 Å². The molecule has 3 heterocycles. The number of pyridine rings is 1. The first-order chi connectivity index (χ1) is 15.6. The fourth-order valence-electron chi connectivity index (χ4n) is 5.69. The molecule has 6 nitrogen and oxygen atoms in total. The number of fused-ring (bicyclic) bond motifs is 1. The van der Waals surface area contributed by atoms with E-state index in [0.717, 1.165) is 37.9 Å². The normalized spacial score (nSPS) is 30.5. The van der Waals surface area contributed by atoms with Crippen molar-refractivity contribution in [1.82, 2.24) is 15.2 Å². The molecule has 1 unspecified atom stereocenters. The molecular formula is C24H34F3N3O3. The molecule has 0 aromatic carbocycles. The number of hydrogen-bond acceptors (Lipinski definition) is 5. The Morgan fingerprint density at radius 2 is 2.15 bits per heavy atom. The molecule has 1 saturated heterocycles. The number of amides is 1. The van der Waals surface area contributed by atoms with Gasteiger partial charge in [-0.05, 0) is 43.2 Å². The summed E-state index contributed by atoms with van der Waals surface area (Å²) in [6, 6.07) is 1.55.